The van der Waals surface area contributed by atoms with Crippen molar-refractivity contribution in [1.29, 1.82) is 0 Å². The Morgan fingerprint density at radius 1 is 1.03 bits per heavy atom. The molecule has 3 aromatic rings. The molecule has 2 N–H and O–H groups in total. The SMILES string of the molecule is COCCNC(=O)/C(=C\c1ccc(-c2ccc(Cl)c(Cl)c2)o1)NC(=O)c1ccc(C)cc1. The van der Waals surface area contributed by atoms with Crippen molar-refractivity contribution < 1.29 is 18.7 Å². The quantitative estimate of drug-likeness (QED) is 0.353. The lowest BCUT2D eigenvalue weighted by Crippen LogP contribution is -2.36. The molecule has 1 aromatic heterocycles. The molecule has 1 heterocycles. The predicted molar refractivity (Wildman–Crippen MR) is 126 cm³/mol. The number of methoxy groups -OCH3 is 1. The zero-order valence-corrected chi connectivity index (χ0v) is 19.1. The normalized spacial score (nSPS) is 11.3. The number of hydrogen-bond acceptors (Lipinski definition) is 4. The van der Waals surface area contributed by atoms with Gasteiger partial charge in [0.2, 0.25) is 0 Å². The molecule has 32 heavy (non-hydrogen) atoms. The van der Waals surface area contributed by atoms with Crippen LogP contribution in [-0.4, -0.2) is 32.1 Å². The lowest BCUT2D eigenvalue weighted by atomic mass is 10.1. The number of halogens is 2. The Kier molecular flexibility index (Phi) is 8.11. The van der Waals surface area contributed by atoms with E-state index in [1.165, 1.54) is 13.2 Å². The first kappa shape index (κ1) is 23.6. The summed E-state index contributed by atoms with van der Waals surface area (Å²) in [7, 11) is 1.54. The first-order valence-electron chi connectivity index (χ1n) is 9.79. The third-order valence-electron chi connectivity index (χ3n) is 4.52. The molecular formula is C24H22Cl2N2O4. The number of carbonyl (C=O) groups excluding carboxylic acids is 2. The second-order valence-electron chi connectivity index (χ2n) is 6.96. The maximum atomic E-state index is 12.7. The monoisotopic (exact) mass is 472 g/mol. The van der Waals surface area contributed by atoms with Crippen molar-refractivity contribution in [1.82, 2.24) is 10.6 Å². The van der Waals surface area contributed by atoms with Gasteiger partial charge in [-0.2, -0.15) is 0 Å². The van der Waals surface area contributed by atoms with Crippen LogP contribution in [-0.2, 0) is 9.53 Å². The summed E-state index contributed by atoms with van der Waals surface area (Å²) in [6.45, 7) is 2.56. The van der Waals surface area contributed by atoms with Crippen molar-refractivity contribution in [3.8, 4) is 11.3 Å². The van der Waals surface area contributed by atoms with Crippen molar-refractivity contribution in [3.05, 3.63) is 87.2 Å². The fourth-order valence-corrected chi connectivity index (χ4v) is 3.09. The molecule has 2 aromatic carbocycles. The van der Waals surface area contributed by atoms with E-state index in [9.17, 15) is 9.59 Å². The topological polar surface area (TPSA) is 80.6 Å². The van der Waals surface area contributed by atoms with Crippen LogP contribution < -0.4 is 10.6 Å². The molecule has 8 heteroatoms. The van der Waals surface area contributed by atoms with Crippen LogP contribution in [0.3, 0.4) is 0 Å². The third kappa shape index (κ3) is 6.23. The summed E-state index contributed by atoms with van der Waals surface area (Å²) in [5, 5.41) is 6.21. The van der Waals surface area contributed by atoms with E-state index in [0.29, 0.717) is 40.3 Å². The van der Waals surface area contributed by atoms with Gasteiger partial charge >= 0.3 is 0 Å². The molecule has 0 aliphatic carbocycles. The van der Waals surface area contributed by atoms with Crippen LogP contribution in [0.15, 0.2) is 64.7 Å². The second kappa shape index (κ2) is 11.0. The standard InChI is InChI=1S/C24H22Cl2N2O4/c1-15-3-5-16(6-4-15)23(29)28-21(24(30)27-11-12-31-2)14-18-8-10-22(32-18)17-7-9-19(25)20(26)13-17/h3-10,13-14H,11-12H2,1-2H3,(H,27,30)(H,28,29)/b21-14+. The largest absolute Gasteiger partial charge is 0.457 e. The molecule has 0 unspecified atom stereocenters. The van der Waals surface area contributed by atoms with Crippen LogP contribution in [0.1, 0.15) is 21.7 Å². The van der Waals surface area contributed by atoms with Crippen molar-refractivity contribution in [2.75, 3.05) is 20.3 Å². The van der Waals surface area contributed by atoms with Crippen LogP contribution in [0.4, 0.5) is 0 Å². The Labute approximate surface area is 196 Å². The van der Waals surface area contributed by atoms with E-state index in [-0.39, 0.29) is 5.70 Å². The summed E-state index contributed by atoms with van der Waals surface area (Å²) in [6.07, 6.45) is 1.47. The number of benzene rings is 2. The maximum absolute atomic E-state index is 12.7. The minimum atomic E-state index is -0.463. The number of carbonyl (C=O) groups is 2. The summed E-state index contributed by atoms with van der Waals surface area (Å²) in [4.78, 5) is 25.4. The summed E-state index contributed by atoms with van der Waals surface area (Å²) in [5.41, 5.74) is 2.23. The van der Waals surface area contributed by atoms with Crippen LogP contribution >= 0.6 is 23.2 Å². The molecule has 3 rings (SSSR count). The Bertz CT molecular complexity index is 1140. The van der Waals surface area contributed by atoms with Crippen molar-refractivity contribution in [3.63, 3.8) is 0 Å². The molecule has 0 saturated carbocycles. The van der Waals surface area contributed by atoms with Gasteiger partial charge in [0.1, 0.15) is 17.2 Å². The highest BCUT2D eigenvalue weighted by Gasteiger charge is 2.16. The highest BCUT2D eigenvalue weighted by molar-refractivity contribution is 6.42. The first-order chi connectivity index (χ1) is 15.4. The minimum absolute atomic E-state index is 0.0433. The van der Waals surface area contributed by atoms with Gasteiger partial charge in [-0.15, -0.1) is 0 Å². The third-order valence-corrected chi connectivity index (χ3v) is 5.25. The smallest absolute Gasteiger partial charge is 0.268 e. The zero-order chi connectivity index (χ0) is 23.1. The highest BCUT2D eigenvalue weighted by atomic mass is 35.5. The van der Waals surface area contributed by atoms with Gasteiger partial charge in [-0.1, -0.05) is 40.9 Å². The number of rotatable bonds is 8. The fraction of sp³-hybridized carbons (Fsp3) is 0.167. The molecule has 0 atom stereocenters. The molecule has 0 aliphatic heterocycles. The summed E-state index contributed by atoms with van der Waals surface area (Å²) < 4.78 is 10.8. The van der Waals surface area contributed by atoms with Crippen molar-refractivity contribution in [2.45, 2.75) is 6.92 Å². The highest BCUT2D eigenvalue weighted by Crippen LogP contribution is 2.30. The molecule has 0 saturated heterocycles. The number of nitrogens with one attached hydrogen (secondary N) is 2. The number of amides is 2. The predicted octanol–water partition coefficient (Wildman–Crippen LogP) is 5.10. The zero-order valence-electron chi connectivity index (χ0n) is 17.6. The van der Waals surface area contributed by atoms with Gasteiger partial charge in [-0.3, -0.25) is 9.59 Å². The van der Waals surface area contributed by atoms with E-state index in [1.807, 2.05) is 19.1 Å². The minimum Gasteiger partial charge on any atom is -0.457 e. The van der Waals surface area contributed by atoms with E-state index >= 15 is 0 Å². The van der Waals surface area contributed by atoms with E-state index in [0.717, 1.165) is 11.1 Å². The number of ether oxygens (including phenoxy) is 1. The molecule has 0 fully saturated rings. The second-order valence-corrected chi connectivity index (χ2v) is 7.77. The van der Waals surface area contributed by atoms with Gasteiger partial charge in [0.15, 0.2) is 0 Å². The van der Waals surface area contributed by atoms with Crippen molar-refractivity contribution in [2.24, 2.45) is 0 Å². The van der Waals surface area contributed by atoms with E-state index in [4.69, 9.17) is 32.4 Å². The number of hydrogen-bond donors (Lipinski definition) is 2. The Balaban J connectivity index is 1.85. The lowest BCUT2D eigenvalue weighted by molar-refractivity contribution is -0.117. The fourth-order valence-electron chi connectivity index (χ4n) is 2.80. The first-order valence-corrected chi connectivity index (χ1v) is 10.5. The molecule has 0 spiro atoms. The maximum Gasteiger partial charge on any atom is 0.268 e. The van der Waals surface area contributed by atoms with E-state index in [2.05, 4.69) is 10.6 Å². The average molecular weight is 473 g/mol. The van der Waals surface area contributed by atoms with Gasteiger partial charge in [-0.05, 0) is 49.4 Å². The Morgan fingerprint density at radius 3 is 2.47 bits per heavy atom. The number of furan rings is 1. The van der Waals surface area contributed by atoms with E-state index in [1.54, 1.807) is 42.5 Å². The van der Waals surface area contributed by atoms with Gasteiger partial charge < -0.3 is 19.8 Å². The molecule has 0 bridgehead atoms. The number of aryl methyl sites for hydroxylation is 1. The van der Waals surface area contributed by atoms with Crippen LogP contribution in [0.2, 0.25) is 10.0 Å². The van der Waals surface area contributed by atoms with Gasteiger partial charge in [-0.25, -0.2) is 0 Å². The van der Waals surface area contributed by atoms with Gasteiger partial charge in [0, 0.05) is 30.9 Å². The molecule has 2 amide bonds. The van der Waals surface area contributed by atoms with Crippen molar-refractivity contribution >= 4 is 41.1 Å². The van der Waals surface area contributed by atoms with Gasteiger partial charge in [0.25, 0.3) is 11.8 Å². The summed E-state index contributed by atoms with van der Waals surface area (Å²) >= 11 is 12.1. The Morgan fingerprint density at radius 2 is 1.78 bits per heavy atom. The summed E-state index contributed by atoms with van der Waals surface area (Å²) in [6, 6.07) is 15.6. The molecule has 0 aliphatic rings. The molecule has 0 radical (unpaired) electrons. The van der Waals surface area contributed by atoms with Crippen LogP contribution in [0, 0.1) is 6.92 Å². The summed E-state index contributed by atoms with van der Waals surface area (Å²) in [5.74, 6) is 0.0513. The lowest BCUT2D eigenvalue weighted by Gasteiger charge is -2.10. The average Bonchev–Trinajstić information content (AvgIpc) is 3.24. The van der Waals surface area contributed by atoms with E-state index < -0.39 is 11.8 Å². The molecule has 6 nitrogen and oxygen atoms in total. The van der Waals surface area contributed by atoms with Gasteiger partial charge in [0.05, 0.1) is 16.7 Å². The molecule has 166 valence electrons. The Hall–Kier alpha value is -3.06. The molecular weight excluding hydrogens is 451 g/mol. The van der Waals surface area contributed by atoms with Crippen LogP contribution in [0.25, 0.3) is 17.4 Å². The van der Waals surface area contributed by atoms with Crippen LogP contribution in [0.5, 0.6) is 0 Å².